The van der Waals surface area contributed by atoms with E-state index >= 15 is 0 Å². The predicted molar refractivity (Wildman–Crippen MR) is 87.7 cm³/mol. The summed E-state index contributed by atoms with van der Waals surface area (Å²) in [5.41, 5.74) is 2.54. The van der Waals surface area contributed by atoms with Crippen molar-refractivity contribution in [1.82, 2.24) is 24.7 Å². The van der Waals surface area contributed by atoms with Gasteiger partial charge in [-0.2, -0.15) is 0 Å². The van der Waals surface area contributed by atoms with Crippen LogP contribution in [-0.2, 0) is 0 Å². The van der Waals surface area contributed by atoms with E-state index in [2.05, 4.69) is 20.6 Å². The molecule has 3 aromatic rings. The molecule has 2 N–H and O–H groups in total. The number of aromatic nitrogens is 4. The van der Waals surface area contributed by atoms with Crippen LogP contribution in [0.3, 0.4) is 0 Å². The second-order valence-corrected chi connectivity index (χ2v) is 5.54. The first-order chi connectivity index (χ1) is 11.3. The van der Waals surface area contributed by atoms with Crippen molar-refractivity contribution in [3.8, 4) is 17.3 Å². The quantitative estimate of drug-likeness (QED) is 0.762. The third kappa shape index (κ3) is 2.70. The molecule has 1 unspecified atom stereocenters. The summed E-state index contributed by atoms with van der Waals surface area (Å²) in [6.07, 6.45) is 6.43. The van der Waals surface area contributed by atoms with E-state index in [0.29, 0.717) is 11.9 Å². The zero-order valence-electron chi connectivity index (χ0n) is 12.9. The third-order valence-electron chi connectivity index (χ3n) is 4.01. The summed E-state index contributed by atoms with van der Waals surface area (Å²) in [5.74, 6) is 1.43. The monoisotopic (exact) mass is 310 g/mol. The van der Waals surface area contributed by atoms with Gasteiger partial charge in [0.2, 0.25) is 5.88 Å². The minimum atomic E-state index is 0.434. The lowest BCUT2D eigenvalue weighted by Crippen LogP contribution is -2.22. The van der Waals surface area contributed by atoms with Crippen molar-refractivity contribution in [2.24, 2.45) is 0 Å². The Hall–Kier alpha value is -2.67. The lowest BCUT2D eigenvalue weighted by Gasteiger charge is -2.12. The molecule has 23 heavy (non-hydrogen) atoms. The molecule has 4 rings (SSSR count). The fraction of sp³-hybridized carbons (Fsp3) is 0.312. The van der Waals surface area contributed by atoms with E-state index in [0.717, 1.165) is 42.4 Å². The number of fused-ring (bicyclic) bond motifs is 1. The number of methoxy groups -OCH3 is 1. The molecule has 0 radical (unpaired) electrons. The van der Waals surface area contributed by atoms with Crippen LogP contribution in [0, 0.1) is 0 Å². The fourth-order valence-electron chi connectivity index (χ4n) is 2.81. The lowest BCUT2D eigenvalue weighted by molar-refractivity contribution is 0.395. The van der Waals surface area contributed by atoms with Crippen LogP contribution in [-0.4, -0.2) is 45.6 Å². The van der Waals surface area contributed by atoms with Gasteiger partial charge in [0, 0.05) is 12.6 Å². The summed E-state index contributed by atoms with van der Waals surface area (Å²) < 4.78 is 7.14. The normalized spacial score (nSPS) is 17.5. The average Bonchev–Trinajstić information content (AvgIpc) is 3.23. The Balaban J connectivity index is 1.69. The first kappa shape index (κ1) is 14.0. The zero-order valence-corrected chi connectivity index (χ0v) is 12.9. The summed E-state index contributed by atoms with van der Waals surface area (Å²) in [4.78, 5) is 13.3. The first-order valence-corrected chi connectivity index (χ1v) is 7.65. The van der Waals surface area contributed by atoms with Gasteiger partial charge in [-0.15, -0.1) is 0 Å². The van der Waals surface area contributed by atoms with Crippen molar-refractivity contribution in [2.45, 2.75) is 12.5 Å². The van der Waals surface area contributed by atoms with E-state index in [-0.39, 0.29) is 0 Å². The molecule has 1 fully saturated rings. The van der Waals surface area contributed by atoms with Crippen LogP contribution in [0.4, 0.5) is 5.82 Å². The van der Waals surface area contributed by atoms with Gasteiger partial charge in [-0.25, -0.2) is 15.0 Å². The van der Waals surface area contributed by atoms with Crippen LogP contribution < -0.4 is 15.4 Å². The predicted octanol–water partition coefficient (Wildman–Crippen LogP) is 1.57. The minimum absolute atomic E-state index is 0.434. The van der Waals surface area contributed by atoms with Gasteiger partial charge in [0.15, 0.2) is 5.65 Å². The highest BCUT2D eigenvalue weighted by atomic mass is 16.5. The molecular formula is C16H18N6O. The van der Waals surface area contributed by atoms with E-state index in [4.69, 9.17) is 9.72 Å². The Bertz CT molecular complexity index is 824. The summed E-state index contributed by atoms with van der Waals surface area (Å²) >= 11 is 0. The highest BCUT2D eigenvalue weighted by Crippen LogP contribution is 2.22. The molecule has 3 aromatic heterocycles. The molecule has 0 spiro atoms. The first-order valence-electron chi connectivity index (χ1n) is 7.65. The summed E-state index contributed by atoms with van der Waals surface area (Å²) in [7, 11) is 1.60. The van der Waals surface area contributed by atoms with Gasteiger partial charge < -0.3 is 15.4 Å². The minimum Gasteiger partial charge on any atom is -0.480 e. The fourth-order valence-corrected chi connectivity index (χ4v) is 2.81. The van der Waals surface area contributed by atoms with Crippen LogP contribution in [0.2, 0.25) is 0 Å². The van der Waals surface area contributed by atoms with Gasteiger partial charge in [0.25, 0.3) is 0 Å². The number of hydrogen-bond acceptors (Lipinski definition) is 6. The van der Waals surface area contributed by atoms with Crippen molar-refractivity contribution < 1.29 is 4.74 Å². The molecule has 0 amide bonds. The molecule has 1 aliphatic heterocycles. The number of nitrogens with zero attached hydrogens (tertiary/aromatic N) is 4. The van der Waals surface area contributed by atoms with Gasteiger partial charge >= 0.3 is 0 Å². The van der Waals surface area contributed by atoms with E-state index in [1.807, 2.05) is 28.8 Å². The number of pyridine rings is 1. The van der Waals surface area contributed by atoms with Crippen LogP contribution in [0.5, 0.6) is 5.88 Å². The maximum atomic E-state index is 5.20. The topological polar surface area (TPSA) is 76.4 Å². The van der Waals surface area contributed by atoms with E-state index in [1.165, 1.54) is 0 Å². The molecule has 7 heteroatoms. The van der Waals surface area contributed by atoms with E-state index in [1.54, 1.807) is 19.5 Å². The summed E-state index contributed by atoms with van der Waals surface area (Å²) in [6, 6.07) is 6.41. The number of nitrogens with one attached hydrogen (secondary N) is 2. The molecule has 0 bridgehead atoms. The second-order valence-electron chi connectivity index (χ2n) is 5.54. The maximum Gasteiger partial charge on any atom is 0.230 e. The number of ether oxygens (including phenoxy) is 1. The molecule has 0 saturated carbocycles. The smallest absolute Gasteiger partial charge is 0.230 e. The molecule has 7 nitrogen and oxygen atoms in total. The van der Waals surface area contributed by atoms with Crippen molar-refractivity contribution in [3.63, 3.8) is 0 Å². The lowest BCUT2D eigenvalue weighted by atomic mass is 10.2. The Morgan fingerprint density at radius 1 is 1.30 bits per heavy atom. The van der Waals surface area contributed by atoms with Crippen LogP contribution in [0.15, 0.2) is 36.8 Å². The Labute approximate surface area is 133 Å². The number of rotatable bonds is 4. The highest BCUT2D eigenvalue weighted by molar-refractivity contribution is 5.61. The van der Waals surface area contributed by atoms with Gasteiger partial charge in [-0.05, 0) is 25.1 Å². The largest absolute Gasteiger partial charge is 0.480 e. The molecule has 4 heterocycles. The van der Waals surface area contributed by atoms with E-state index < -0.39 is 0 Å². The molecular weight excluding hydrogens is 292 g/mol. The van der Waals surface area contributed by atoms with Crippen molar-refractivity contribution in [2.75, 3.05) is 25.5 Å². The number of anilines is 1. The Kier molecular flexibility index (Phi) is 3.55. The zero-order chi connectivity index (χ0) is 15.6. The van der Waals surface area contributed by atoms with Gasteiger partial charge in [0.1, 0.15) is 5.82 Å². The van der Waals surface area contributed by atoms with Crippen molar-refractivity contribution >= 4 is 11.5 Å². The van der Waals surface area contributed by atoms with Gasteiger partial charge in [-0.3, -0.25) is 4.40 Å². The van der Waals surface area contributed by atoms with Crippen LogP contribution in [0.25, 0.3) is 17.0 Å². The third-order valence-corrected chi connectivity index (χ3v) is 4.01. The van der Waals surface area contributed by atoms with Crippen molar-refractivity contribution in [1.29, 1.82) is 0 Å². The number of hydrogen-bond donors (Lipinski definition) is 2. The molecule has 0 aliphatic carbocycles. The highest BCUT2D eigenvalue weighted by Gasteiger charge is 2.15. The molecule has 118 valence electrons. The standard InChI is InChI=1S/C16H18N6O/c1-23-16-10-22-13(8-18-15(22)9-19-16)12-3-2-4-14(21-12)20-11-5-6-17-7-11/h2-4,8-11,17H,5-7H2,1H3,(H,20,21). The summed E-state index contributed by atoms with van der Waals surface area (Å²) in [6.45, 7) is 2.03. The Morgan fingerprint density at radius 3 is 3.09 bits per heavy atom. The van der Waals surface area contributed by atoms with Crippen molar-refractivity contribution in [3.05, 3.63) is 36.8 Å². The van der Waals surface area contributed by atoms with Gasteiger partial charge in [0.05, 0.1) is 37.1 Å². The maximum absolute atomic E-state index is 5.20. The van der Waals surface area contributed by atoms with Gasteiger partial charge in [-0.1, -0.05) is 6.07 Å². The van der Waals surface area contributed by atoms with E-state index in [9.17, 15) is 0 Å². The molecule has 1 saturated heterocycles. The molecule has 1 aliphatic rings. The SMILES string of the molecule is COc1cn2c(-c3cccc(NC4CCNC4)n3)cnc2cn1. The number of imidazole rings is 1. The molecule has 1 atom stereocenters. The van der Waals surface area contributed by atoms with Crippen LogP contribution >= 0.6 is 0 Å². The Morgan fingerprint density at radius 2 is 2.26 bits per heavy atom. The van der Waals surface area contributed by atoms with Crippen LogP contribution in [0.1, 0.15) is 6.42 Å². The second kappa shape index (κ2) is 5.85. The summed E-state index contributed by atoms with van der Waals surface area (Å²) in [5, 5.41) is 6.82. The molecule has 0 aromatic carbocycles. The average molecular weight is 310 g/mol.